The molecule has 0 atom stereocenters. The Morgan fingerprint density at radius 3 is 2.74 bits per heavy atom. The summed E-state index contributed by atoms with van der Waals surface area (Å²) in [6.45, 7) is 2.23. The van der Waals surface area contributed by atoms with Crippen LogP contribution >= 0.6 is 11.6 Å². The topological polar surface area (TPSA) is 68.0 Å². The Bertz CT molecular complexity index is 860. The Kier molecular flexibility index (Phi) is 4.12. The van der Waals surface area contributed by atoms with Gasteiger partial charge in [0.1, 0.15) is 6.33 Å². The van der Waals surface area contributed by atoms with Crippen LogP contribution in [0.15, 0.2) is 49.1 Å². The Morgan fingerprint density at radius 2 is 2.09 bits per heavy atom. The van der Waals surface area contributed by atoms with Crippen LogP contribution in [-0.4, -0.2) is 25.6 Å². The zero-order valence-corrected chi connectivity index (χ0v) is 13.2. The molecule has 0 saturated heterocycles. The molecule has 2 aromatic heterocycles. The fourth-order valence-corrected chi connectivity index (χ4v) is 2.82. The molecule has 0 aliphatic heterocycles. The molecule has 1 N–H and O–H groups in total. The van der Waals surface area contributed by atoms with Crippen LogP contribution in [0, 0.1) is 6.92 Å². The highest BCUT2D eigenvalue weighted by Crippen LogP contribution is 2.33. The third-order valence-corrected chi connectivity index (χ3v) is 4.00. The van der Waals surface area contributed by atoms with Gasteiger partial charge in [-0.3, -0.25) is 0 Å². The van der Waals surface area contributed by atoms with Crippen molar-refractivity contribution in [3.63, 3.8) is 0 Å². The van der Waals surface area contributed by atoms with Crippen LogP contribution in [0.2, 0.25) is 5.02 Å². The number of halogens is 1. The minimum Gasteiger partial charge on any atom is -0.478 e. The van der Waals surface area contributed by atoms with Crippen molar-refractivity contribution in [2.75, 3.05) is 0 Å². The van der Waals surface area contributed by atoms with Gasteiger partial charge in [0, 0.05) is 23.0 Å². The maximum Gasteiger partial charge on any atom is 0.337 e. The lowest BCUT2D eigenvalue weighted by Crippen LogP contribution is -2.03. The Balaban J connectivity index is 2.17. The molecule has 116 valence electrons. The van der Waals surface area contributed by atoms with E-state index < -0.39 is 5.97 Å². The zero-order chi connectivity index (χ0) is 16.4. The van der Waals surface area contributed by atoms with Gasteiger partial charge in [-0.2, -0.15) is 0 Å². The van der Waals surface area contributed by atoms with E-state index in [1.165, 1.54) is 6.33 Å². The number of hydrogen-bond donors (Lipinski definition) is 1. The van der Waals surface area contributed by atoms with Crippen LogP contribution in [0.3, 0.4) is 0 Å². The first-order valence-electron chi connectivity index (χ1n) is 7.00. The first-order chi connectivity index (χ1) is 11.1. The number of carboxylic acids is 1. The number of aromatic nitrogens is 3. The average molecular weight is 328 g/mol. The number of carbonyl (C=O) groups is 1. The Hall–Kier alpha value is -2.66. The fraction of sp³-hybridized carbons (Fsp3) is 0.118. The molecule has 5 nitrogen and oxygen atoms in total. The van der Waals surface area contributed by atoms with Gasteiger partial charge >= 0.3 is 5.97 Å². The van der Waals surface area contributed by atoms with Crippen molar-refractivity contribution in [3.05, 3.63) is 70.9 Å². The smallest absolute Gasteiger partial charge is 0.337 e. The van der Waals surface area contributed by atoms with E-state index in [1.54, 1.807) is 31.5 Å². The van der Waals surface area contributed by atoms with Crippen molar-refractivity contribution in [1.29, 1.82) is 0 Å². The van der Waals surface area contributed by atoms with Crippen LogP contribution in [0.1, 0.15) is 21.6 Å². The molecule has 0 aliphatic rings. The van der Waals surface area contributed by atoms with Crippen molar-refractivity contribution >= 4 is 17.6 Å². The second-order valence-electron chi connectivity index (χ2n) is 5.13. The van der Waals surface area contributed by atoms with Crippen LogP contribution in [0.5, 0.6) is 0 Å². The monoisotopic (exact) mass is 327 g/mol. The van der Waals surface area contributed by atoms with Crippen molar-refractivity contribution in [2.24, 2.45) is 0 Å². The maximum absolute atomic E-state index is 11.5. The Morgan fingerprint density at radius 1 is 1.30 bits per heavy atom. The normalized spacial score (nSPS) is 10.7. The van der Waals surface area contributed by atoms with Crippen molar-refractivity contribution in [1.82, 2.24) is 14.5 Å². The van der Waals surface area contributed by atoms with Gasteiger partial charge in [0.2, 0.25) is 0 Å². The molecule has 0 radical (unpaired) electrons. The summed E-state index contributed by atoms with van der Waals surface area (Å²) in [7, 11) is 0. The van der Waals surface area contributed by atoms with E-state index in [0.717, 1.165) is 17.0 Å². The first-order valence-corrected chi connectivity index (χ1v) is 7.38. The van der Waals surface area contributed by atoms with Gasteiger partial charge in [-0.1, -0.05) is 29.8 Å². The summed E-state index contributed by atoms with van der Waals surface area (Å²) >= 11 is 6.31. The van der Waals surface area contributed by atoms with E-state index in [0.29, 0.717) is 17.1 Å². The molecule has 0 spiro atoms. The highest BCUT2D eigenvalue weighted by atomic mass is 35.5. The predicted octanol–water partition coefficient (Wildman–Crippen LogP) is 3.65. The molecule has 0 bridgehead atoms. The lowest BCUT2D eigenvalue weighted by molar-refractivity contribution is 0.0696. The highest BCUT2D eigenvalue weighted by Gasteiger charge is 2.20. The maximum atomic E-state index is 11.5. The van der Waals surface area contributed by atoms with E-state index in [1.807, 2.05) is 22.8 Å². The molecule has 2 heterocycles. The van der Waals surface area contributed by atoms with Gasteiger partial charge in [0.25, 0.3) is 0 Å². The third-order valence-electron chi connectivity index (χ3n) is 3.67. The molecule has 6 heteroatoms. The second kappa shape index (κ2) is 6.22. The van der Waals surface area contributed by atoms with E-state index in [2.05, 4.69) is 9.97 Å². The molecule has 23 heavy (non-hydrogen) atoms. The summed E-state index contributed by atoms with van der Waals surface area (Å²) < 4.78 is 1.86. The standard InChI is InChI=1S/C17H14ClN3O2/c1-11-14(17(22)23)9-21(8-12-6-7-19-10-20-12)16(11)13-4-2-3-5-15(13)18/h2-7,9-10H,8H2,1H3,(H,22,23). The summed E-state index contributed by atoms with van der Waals surface area (Å²) in [5, 5.41) is 9.99. The molecule has 0 saturated carbocycles. The number of hydrogen-bond acceptors (Lipinski definition) is 3. The van der Waals surface area contributed by atoms with E-state index in [-0.39, 0.29) is 5.56 Å². The van der Waals surface area contributed by atoms with Gasteiger partial charge in [0.05, 0.1) is 23.5 Å². The number of aromatic carboxylic acids is 1. The quantitative estimate of drug-likeness (QED) is 0.794. The van der Waals surface area contributed by atoms with Gasteiger partial charge in [-0.25, -0.2) is 14.8 Å². The molecule has 1 aromatic carbocycles. The molecule has 0 amide bonds. The number of carboxylic acid groups (broad SMARTS) is 1. The van der Waals surface area contributed by atoms with Crippen molar-refractivity contribution in [3.8, 4) is 11.3 Å². The van der Waals surface area contributed by atoms with E-state index >= 15 is 0 Å². The van der Waals surface area contributed by atoms with E-state index in [9.17, 15) is 9.90 Å². The molecule has 0 fully saturated rings. The van der Waals surface area contributed by atoms with Crippen LogP contribution in [0.25, 0.3) is 11.3 Å². The molecule has 0 unspecified atom stereocenters. The summed E-state index contributed by atoms with van der Waals surface area (Å²) in [5.41, 5.74) is 3.31. The van der Waals surface area contributed by atoms with Crippen LogP contribution < -0.4 is 0 Å². The van der Waals surface area contributed by atoms with Gasteiger partial charge in [-0.15, -0.1) is 0 Å². The minimum atomic E-state index is -0.961. The van der Waals surface area contributed by atoms with Gasteiger partial charge in [-0.05, 0) is 24.6 Å². The van der Waals surface area contributed by atoms with Crippen molar-refractivity contribution in [2.45, 2.75) is 13.5 Å². The second-order valence-corrected chi connectivity index (χ2v) is 5.54. The predicted molar refractivity (Wildman–Crippen MR) is 87.7 cm³/mol. The Labute approximate surface area is 138 Å². The lowest BCUT2D eigenvalue weighted by Gasteiger charge is -2.11. The largest absolute Gasteiger partial charge is 0.478 e. The third kappa shape index (κ3) is 2.96. The van der Waals surface area contributed by atoms with Gasteiger partial charge < -0.3 is 9.67 Å². The number of nitrogens with zero attached hydrogens (tertiary/aromatic N) is 3. The SMILES string of the molecule is Cc1c(C(=O)O)cn(Cc2ccncn2)c1-c1ccccc1Cl. The summed E-state index contributed by atoms with van der Waals surface area (Å²) in [6, 6.07) is 9.19. The molecule has 0 aliphatic carbocycles. The van der Waals surface area contributed by atoms with Crippen molar-refractivity contribution < 1.29 is 9.90 Å². The molecular weight excluding hydrogens is 314 g/mol. The molecular formula is C17H14ClN3O2. The minimum absolute atomic E-state index is 0.258. The number of benzene rings is 1. The average Bonchev–Trinajstić information content (AvgIpc) is 2.86. The van der Waals surface area contributed by atoms with Crippen LogP contribution in [-0.2, 0) is 6.54 Å². The lowest BCUT2D eigenvalue weighted by atomic mass is 10.1. The summed E-state index contributed by atoms with van der Waals surface area (Å²) in [4.78, 5) is 19.6. The zero-order valence-electron chi connectivity index (χ0n) is 12.4. The van der Waals surface area contributed by atoms with Gasteiger partial charge in [0.15, 0.2) is 0 Å². The summed E-state index contributed by atoms with van der Waals surface area (Å²) in [5.74, 6) is -0.961. The number of rotatable bonds is 4. The first kappa shape index (κ1) is 15.2. The highest BCUT2D eigenvalue weighted by molar-refractivity contribution is 6.33. The molecule has 3 rings (SSSR count). The fourth-order valence-electron chi connectivity index (χ4n) is 2.60. The van der Waals surface area contributed by atoms with Crippen LogP contribution in [0.4, 0.5) is 0 Å². The summed E-state index contributed by atoms with van der Waals surface area (Å²) in [6.07, 6.45) is 4.75. The van der Waals surface area contributed by atoms with E-state index in [4.69, 9.17) is 11.6 Å². The molecule has 3 aromatic rings.